The van der Waals surface area contributed by atoms with Gasteiger partial charge in [-0.2, -0.15) is 0 Å². The highest BCUT2D eigenvalue weighted by atomic mass is 19.1. The number of rotatable bonds is 6. The third-order valence-electron chi connectivity index (χ3n) is 2.40. The van der Waals surface area contributed by atoms with Crippen molar-refractivity contribution >= 4 is 0 Å². The predicted molar refractivity (Wildman–Crippen MR) is 65.0 cm³/mol. The van der Waals surface area contributed by atoms with Crippen LogP contribution >= 0.6 is 0 Å². The molecule has 0 saturated carbocycles. The third kappa shape index (κ3) is 3.69. The van der Waals surface area contributed by atoms with Crippen LogP contribution < -0.4 is 4.74 Å². The van der Waals surface area contributed by atoms with Crippen LogP contribution in [0.15, 0.2) is 30.9 Å². The molecule has 1 aromatic carbocycles. The van der Waals surface area contributed by atoms with E-state index in [0.717, 1.165) is 24.3 Å². The van der Waals surface area contributed by atoms with Gasteiger partial charge in [-0.15, -0.1) is 6.58 Å². The fourth-order valence-corrected chi connectivity index (χ4v) is 1.33. The smallest absolute Gasteiger partial charge is 0.127 e. The second-order valence-electron chi connectivity index (χ2n) is 3.76. The Bertz CT molecular complexity index is 347. The fraction of sp³-hybridized carbons (Fsp3) is 0.357. The maximum Gasteiger partial charge on any atom is 0.127 e. The first-order chi connectivity index (χ1) is 7.67. The van der Waals surface area contributed by atoms with Crippen molar-refractivity contribution in [2.75, 3.05) is 6.61 Å². The first-order valence-corrected chi connectivity index (χ1v) is 5.57. The summed E-state index contributed by atoms with van der Waals surface area (Å²) in [7, 11) is 0. The fourth-order valence-electron chi connectivity index (χ4n) is 1.33. The molecule has 0 atom stereocenters. The Morgan fingerprint density at radius 1 is 1.44 bits per heavy atom. The number of hydrogen-bond acceptors (Lipinski definition) is 1. The SMILES string of the molecule is C=C[C](C)c1cc(F)cc(OCCCC)c1. The molecule has 2 heteroatoms. The van der Waals surface area contributed by atoms with Crippen molar-refractivity contribution in [1.82, 2.24) is 0 Å². The van der Waals surface area contributed by atoms with Crippen LogP contribution in [0.5, 0.6) is 5.75 Å². The van der Waals surface area contributed by atoms with Gasteiger partial charge in [-0.1, -0.05) is 26.3 Å². The molecule has 0 unspecified atom stereocenters. The van der Waals surface area contributed by atoms with Gasteiger partial charge in [0.25, 0.3) is 0 Å². The summed E-state index contributed by atoms with van der Waals surface area (Å²) < 4.78 is 18.8. The van der Waals surface area contributed by atoms with Crippen LogP contribution in [0, 0.1) is 11.7 Å². The Hall–Kier alpha value is -1.31. The van der Waals surface area contributed by atoms with E-state index in [4.69, 9.17) is 4.74 Å². The molecule has 0 saturated heterocycles. The lowest BCUT2D eigenvalue weighted by molar-refractivity contribution is 0.307. The number of halogens is 1. The summed E-state index contributed by atoms with van der Waals surface area (Å²) >= 11 is 0. The molecule has 0 bridgehead atoms. The van der Waals surface area contributed by atoms with Crippen molar-refractivity contribution in [2.24, 2.45) is 0 Å². The van der Waals surface area contributed by atoms with Gasteiger partial charge in [0, 0.05) is 12.0 Å². The van der Waals surface area contributed by atoms with E-state index >= 15 is 0 Å². The van der Waals surface area contributed by atoms with Crippen molar-refractivity contribution < 1.29 is 9.13 Å². The van der Waals surface area contributed by atoms with Crippen LogP contribution in [-0.4, -0.2) is 6.61 Å². The van der Waals surface area contributed by atoms with Crippen molar-refractivity contribution in [1.29, 1.82) is 0 Å². The van der Waals surface area contributed by atoms with Gasteiger partial charge in [0.2, 0.25) is 0 Å². The average molecular weight is 221 g/mol. The maximum atomic E-state index is 13.3. The monoisotopic (exact) mass is 221 g/mol. The van der Waals surface area contributed by atoms with Crippen molar-refractivity contribution in [3.05, 3.63) is 48.2 Å². The minimum Gasteiger partial charge on any atom is -0.493 e. The van der Waals surface area contributed by atoms with Crippen molar-refractivity contribution in [3.63, 3.8) is 0 Å². The Morgan fingerprint density at radius 3 is 2.81 bits per heavy atom. The molecule has 1 rings (SSSR count). The minimum absolute atomic E-state index is 0.273. The van der Waals surface area contributed by atoms with E-state index in [9.17, 15) is 4.39 Å². The summed E-state index contributed by atoms with van der Waals surface area (Å²) in [5, 5.41) is 0. The van der Waals surface area contributed by atoms with Crippen LogP contribution in [0.2, 0.25) is 0 Å². The standard InChI is InChI=1S/C14H18FO/c1-4-6-7-16-14-9-12(11(3)5-2)8-13(15)10-14/h5,8-10H,2,4,6-7H2,1,3H3. The van der Waals surface area contributed by atoms with Gasteiger partial charge in [-0.3, -0.25) is 0 Å². The van der Waals surface area contributed by atoms with E-state index in [0.29, 0.717) is 12.4 Å². The largest absolute Gasteiger partial charge is 0.493 e. The highest BCUT2D eigenvalue weighted by Crippen LogP contribution is 2.22. The Labute approximate surface area is 96.9 Å². The van der Waals surface area contributed by atoms with Crippen LogP contribution in [0.3, 0.4) is 0 Å². The molecule has 16 heavy (non-hydrogen) atoms. The van der Waals surface area contributed by atoms with E-state index in [1.54, 1.807) is 6.08 Å². The summed E-state index contributed by atoms with van der Waals surface area (Å²) in [6, 6.07) is 4.75. The molecule has 0 fully saturated rings. The Kier molecular flexibility index (Phi) is 5.03. The molecule has 1 nitrogen and oxygen atoms in total. The molecule has 0 spiro atoms. The highest BCUT2D eigenvalue weighted by Gasteiger charge is 2.06. The lowest BCUT2D eigenvalue weighted by atomic mass is 10.0. The van der Waals surface area contributed by atoms with Crippen molar-refractivity contribution in [2.45, 2.75) is 26.7 Å². The molecule has 0 aromatic heterocycles. The van der Waals surface area contributed by atoms with Gasteiger partial charge >= 0.3 is 0 Å². The topological polar surface area (TPSA) is 9.23 Å². The molecule has 0 amide bonds. The van der Waals surface area contributed by atoms with Crippen LogP contribution in [0.25, 0.3) is 0 Å². The Balaban J connectivity index is 2.77. The van der Waals surface area contributed by atoms with E-state index in [1.165, 1.54) is 12.1 Å². The van der Waals surface area contributed by atoms with Crippen molar-refractivity contribution in [3.8, 4) is 5.75 Å². The van der Waals surface area contributed by atoms with Gasteiger partial charge in [0.05, 0.1) is 6.61 Å². The molecule has 0 aliphatic heterocycles. The molecule has 1 radical (unpaired) electrons. The van der Waals surface area contributed by atoms with Gasteiger partial charge in [0.15, 0.2) is 0 Å². The molecular weight excluding hydrogens is 203 g/mol. The molecule has 0 N–H and O–H groups in total. The molecule has 0 heterocycles. The second-order valence-corrected chi connectivity index (χ2v) is 3.76. The molecule has 0 aliphatic carbocycles. The maximum absolute atomic E-state index is 13.3. The zero-order valence-electron chi connectivity index (χ0n) is 9.92. The number of ether oxygens (including phenoxy) is 1. The first-order valence-electron chi connectivity index (χ1n) is 5.57. The van der Waals surface area contributed by atoms with E-state index in [-0.39, 0.29) is 5.82 Å². The van der Waals surface area contributed by atoms with Gasteiger partial charge in [-0.25, -0.2) is 4.39 Å². The molecular formula is C14H18FO. The lowest BCUT2D eigenvalue weighted by Crippen LogP contribution is -1.99. The van der Waals surface area contributed by atoms with E-state index < -0.39 is 0 Å². The third-order valence-corrected chi connectivity index (χ3v) is 2.40. The van der Waals surface area contributed by atoms with Crippen LogP contribution in [0.1, 0.15) is 32.3 Å². The average Bonchev–Trinajstić information content (AvgIpc) is 2.27. The summed E-state index contributed by atoms with van der Waals surface area (Å²) in [4.78, 5) is 0. The quantitative estimate of drug-likeness (QED) is 0.656. The summed E-state index contributed by atoms with van der Waals surface area (Å²) in [5.41, 5.74) is 0.821. The normalized spacial score (nSPS) is 10.5. The predicted octanol–water partition coefficient (Wildman–Crippen LogP) is 4.13. The lowest BCUT2D eigenvalue weighted by Gasteiger charge is -2.10. The zero-order chi connectivity index (χ0) is 12.0. The van der Waals surface area contributed by atoms with Gasteiger partial charge in [-0.05, 0) is 24.1 Å². The van der Waals surface area contributed by atoms with Crippen LogP contribution in [0.4, 0.5) is 4.39 Å². The van der Waals surface area contributed by atoms with Gasteiger partial charge in [0.1, 0.15) is 11.6 Å². The summed E-state index contributed by atoms with van der Waals surface area (Å²) in [6.07, 6.45) is 3.76. The highest BCUT2D eigenvalue weighted by molar-refractivity contribution is 5.40. The van der Waals surface area contributed by atoms with E-state index in [1.807, 2.05) is 13.0 Å². The number of allylic oxidation sites excluding steroid dienone is 1. The summed E-state index contributed by atoms with van der Waals surface area (Å²) in [5.74, 6) is 1.26. The minimum atomic E-state index is -0.273. The number of benzene rings is 1. The van der Waals surface area contributed by atoms with Gasteiger partial charge < -0.3 is 4.74 Å². The van der Waals surface area contributed by atoms with Crippen LogP contribution in [-0.2, 0) is 0 Å². The number of hydrogen-bond donors (Lipinski definition) is 0. The van der Waals surface area contributed by atoms with E-state index in [2.05, 4.69) is 13.5 Å². The summed E-state index contributed by atoms with van der Waals surface area (Å²) in [6.45, 7) is 8.30. The zero-order valence-corrected chi connectivity index (χ0v) is 9.92. The molecule has 0 aliphatic rings. The molecule has 1 aromatic rings. The second kappa shape index (κ2) is 6.31. The Morgan fingerprint density at radius 2 is 2.19 bits per heavy atom. The molecule has 87 valence electrons. The number of unbranched alkanes of at least 4 members (excludes halogenated alkanes) is 1. The first kappa shape index (κ1) is 12.8.